The number of para-hydroxylation sites is 1. The lowest BCUT2D eigenvalue weighted by Crippen LogP contribution is -2.50. The van der Waals surface area contributed by atoms with E-state index in [1.807, 2.05) is 24.3 Å². The van der Waals surface area contributed by atoms with Crippen LogP contribution in [0.25, 0.3) is 5.70 Å². The number of amidine groups is 1. The normalized spacial score (nSPS) is 16.7. The molecule has 164 valence electrons. The Bertz CT molecular complexity index is 1240. The molecule has 1 unspecified atom stereocenters. The van der Waals surface area contributed by atoms with Crippen LogP contribution in [0, 0.1) is 0 Å². The molecule has 0 spiro atoms. The Morgan fingerprint density at radius 2 is 2.12 bits per heavy atom. The third-order valence-corrected chi connectivity index (χ3v) is 5.55. The second kappa shape index (κ2) is 9.15. The number of hydrogen-bond acceptors (Lipinski definition) is 8. The van der Waals surface area contributed by atoms with Crippen molar-refractivity contribution in [1.82, 2.24) is 10.3 Å². The smallest absolute Gasteiger partial charge is 0.341 e. The minimum absolute atomic E-state index is 0.271. The molecular formula is C22H20N4O5S. The number of carboxylic acid groups (broad SMARTS) is 1. The predicted octanol–water partition coefficient (Wildman–Crippen LogP) is 1.22. The zero-order chi connectivity index (χ0) is 22.7. The Hall–Kier alpha value is -3.79. The number of hydrogen-bond donors (Lipinski definition) is 2. The van der Waals surface area contributed by atoms with Crippen molar-refractivity contribution in [2.45, 2.75) is 6.17 Å². The summed E-state index contributed by atoms with van der Waals surface area (Å²) < 4.78 is 10.7. The van der Waals surface area contributed by atoms with E-state index in [1.165, 1.54) is 18.9 Å². The number of nitrogens with zero attached hydrogens (tertiary/aromatic N) is 3. The Kier molecular flexibility index (Phi) is 6.13. The number of carbonyl (C=O) groups excluding carboxylic acids is 1. The zero-order valence-electron chi connectivity index (χ0n) is 17.1. The van der Waals surface area contributed by atoms with Crippen molar-refractivity contribution in [1.29, 1.82) is 0 Å². The molecule has 4 rings (SSSR count). The highest BCUT2D eigenvalue weighted by Gasteiger charge is 2.34. The van der Waals surface area contributed by atoms with Crippen LogP contribution in [0.4, 0.5) is 0 Å². The van der Waals surface area contributed by atoms with Gasteiger partial charge in [0.05, 0.1) is 12.5 Å². The highest BCUT2D eigenvalue weighted by molar-refractivity contribution is 8.14. The SMILES string of the molecule is C=CCSC1=NN2C(=c3ccccc3=NC2c2ccc(OCC(=O)O)c(OC)c2)C(=O)N1. The second-order valence-electron chi connectivity index (χ2n) is 6.76. The number of methoxy groups -OCH3 is 1. The summed E-state index contributed by atoms with van der Waals surface area (Å²) in [5.41, 5.74) is 1.09. The third kappa shape index (κ3) is 4.17. The maximum Gasteiger partial charge on any atom is 0.341 e. The number of ether oxygens (including phenoxy) is 2. The fourth-order valence-electron chi connectivity index (χ4n) is 3.35. The first-order chi connectivity index (χ1) is 15.5. The lowest BCUT2D eigenvalue weighted by molar-refractivity contribution is -0.139. The van der Waals surface area contributed by atoms with Gasteiger partial charge in [-0.1, -0.05) is 42.1 Å². The quantitative estimate of drug-likeness (QED) is 0.608. The number of hydrazone groups is 1. The van der Waals surface area contributed by atoms with Gasteiger partial charge in [0.25, 0.3) is 5.91 Å². The van der Waals surface area contributed by atoms with Gasteiger partial charge in [-0.3, -0.25) is 15.1 Å². The number of carbonyl (C=O) groups is 2. The highest BCUT2D eigenvalue weighted by Crippen LogP contribution is 2.36. The molecule has 2 aromatic carbocycles. The molecule has 2 aromatic rings. The van der Waals surface area contributed by atoms with E-state index in [9.17, 15) is 9.59 Å². The number of carboxylic acids is 1. The van der Waals surface area contributed by atoms with E-state index in [0.29, 0.717) is 44.3 Å². The molecule has 2 aliphatic heterocycles. The summed E-state index contributed by atoms with van der Waals surface area (Å²) >= 11 is 1.36. The van der Waals surface area contributed by atoms with Gasteiger partial charge in [-0.15, -0.1) is 11.7 Å². The molecule has 0 fully saturated rings. The molecule has 0 radical (unpaired) electrons. The number of fused-ring (bicyclic) bond motifs is 2. The van der Waals surface area contributed by atoms with Crippen molar-refractivity contribution >= 4 is 34.5 Å². The zero-order valence-corrected chi connectivity index (χ0v) is 18.0. The number of rotatable bonds is 7. The van der Waals surface area contributed by atoms with Crippen LogP contribution in [0.3, 0.4) is 0 Å². The van der Waals surface area contributed by atoms with Crippen LogP contribution in [0.1, 0.15) is 11.7 Å². The Labute approximate surface area is 187 Å². The average molecular weight is 452 g/mol. The predicted molar refractivity (Wildman–Crippen MR) is 120 cm³/mol. The van der Waals surface area contributed by atoms with E-state index < -0.39 is 18.7 Å². The summed E-state index contributed by atoms with van der Waals surface area (Å²) in [7, 11) is 1.47. The van der Waals surface area contributed by atoms with Gasteiger partial charge in [0, 0.05) is 16.5 Å². The van der Waals surface area contributed by atoms with Crippen LogP contribution in [0.5, 0.6) is 11.5 Å². The molecule has 2 N–H and O–H groups in total. The van der Waals surface area contributed by atoms with Crippen LogP contribution < -0.4 is 25.4 Å². The Morgan fingerprint density at radius 1 is 1.31 bits per heavy atom. The fourth-order valence-corrected chi connectivity index (χ4v) is 3.94. The average Bonchev–Trinajstić information content (AvgIpc) is 2.80. The lowest BCUT2D eigenvalue weighted by Gasteiger charge is -2.34. The molecule has 10 heteroatoms. The first kappa shape index (κ1) is 21.4. The Balaban J connectivity index is 1.81. The molecule has 0 aromatic heterocycles. The topological polar surface area (TPSA) is 113 Å². The van der Waals surface area contributed by atoms with Crippen LogP contribution >= 0.6 is 11.8 Å². The van der Waals surface area contributed by atoms with Gasteiger partial charge in [-0.05, 0) is 18.2 Å². The van der Waals surface area contributed by atoms with Crippen LogP contribution in [0.15, 0.2) is 65.2 Å². The van der Waals surface area contributed by atoms with Crippen LogP contribution in [-0.2, 0) is 9.59 Å². The first-order valence-corrected chi connectivity index (χ1v) is 10.6. The number of nitrogens with one attached hydrogen (secondary N) is 1. The number of benzene rings is 2. The number of thioether (sulfide) groups is 1. The second-order valence-corrected chi connectivity index (χ2v) is 7.77. The summed E-state index contributed by atoms with van der Waals surface area (Å²) in [5, 5.41) is 19.7. The number of amides is 1. The largest absolute Gasteiger partial charge is 0.493 e. The van der Waals surface area contributed by atoms with E-state index in [-0.39, 0.29) is 5.91 Å². The molecule has 0 bridgehead atoms. The van der Waals surface area contributed by atoms with Crippen molar-refractivity contribution in [2.24, 2.45) is 10.1 Å². The van der Waals surface area contributed by atoms with Crippen molar-refractivity contribution in [3.63, 3.8) is 0 Å². The molecule has 0 aliphatic carbocycles. The van der Waals surface area contributed by atoms with Gasteiger partial charge in [0.1, 0.15) is 5.70 Å². The molecule has 1 amide bonds. The minimum atomic E-state index is -1.09. The summed E-state index contributed by atoms with van der Waals surface area (Å²) in [6.07, 6.45) is 1.10. The molecule has 32 heavy (non-hydrogen) atoms. The van der Waals surface area contributed by atoms with Gasteiger partial charge in [-0.25, -0.2) is 9.80 Å². The van der Waals surface area contributed by atoms with Gasteiger partial charge in [0.2, 0.25) is 0 Å². The fraction of sp³-hybridized carbons (Fsp3) is 0.182. The van der Waals surface area contributed by atoms with Crippen molar-refractivity contribution in [3.05, 3.63) is 71.3 Å². The maximum absolute atomic E-state index is 13.0. The summed E-state index contributed by atoms with van der Waals surface area (Å²) in [4.78, 5) is 28.7. The molecular weight excluding hydrogens is 432 g/mol. The number of aliphatic carboxylic acids is 1. The van der Waals surface area contributed by atoms with Crippen molar-refractivity contribution in [2.75, 3.05) is 19.5 Å². The van der Waals surface area contributed by atoms with E-state index in [0.717, 1.165) is 0 Å². The monoisotopic (exact) mass is 452 g/mol. The first-order valence-electron chi connectivity index (χ1n) is 9.64. The van der Waals surface area contributed by atoms with Crippen LogP contribution in [-0.4, -0.2) is 46.6 Å². The minimum Gasteiger partial charge on any atom is -0.493 e. The van der Waals surface area contributed by atoms with E-state index in [2.05, 4.69) is 17.0 Å². The van der Waals surface area contributed by atoms with Gasteiger partial charge in [0.15, 0.2) is 29.4 Å². The van der Waals surface area contributed by atoms with Gasteiger partial charge >= 0.3 is 5.97 Å². The summed E-state index contributed by atoms with van der Waals surface area (Å²) in [5.74, 6) is -0.128. The molecule has 0 saturated carbocycles. The molecule has 2 aliphatic rings. The summed E-state index contributed by atoms with van der Waals surface area (Å²) in [6.45, 7) is 3.21. The summed E-state index contributed by atoms with van der Waals surface area (Å²) in [6, 6.07) is 12.4. The van der Waals surface area contributed by atoms with Gasteiger partial charge in [-0.2, -0.15) is 0 Å². The molecule has 2 heterocycles. The van der Waals surface area contributed by atoms with E-state index >= 15 is 0 Å². The standard InChI is InChI=1S/C22H20N4O5S/c1-3-10-32-22-24-21(29)19-14-6-4-5-7-15(14)23-20(26(19)25-22)13-8-9-16(17(11-13)30-2)31-12-18(27)28/h3-9,11,20H,1,10,12H2,2H3,(H,27,28)(H,24,25,29). The lowest BCUT2D eigenvalue weighted by atomic mass is 10.1. The van der Waals surface area contributed by atoms with E-state index in [1.54, 1.807) is 29.3 Å². The van der Waals surface area contributed by atoms with Crippen molar-refractivity contribution in [3.8, 4) is 11.5 Å². The van der Waals surface area contributed by atoms with Crippen LogP contribution in [0.2, 0.25) is 0 Å². The molecule has 1 atom stereocenters. The van der Waals surface area contributed by atoms with Crippen molar-refractivity contribution < 1.29 is 24.2 Å². The molecule has 9 nitrogen and oxygen atoms in total. The highest BCUT2D eigenvalue weighted by atomic mass is 32.2. The maximum atomic E-state index is 13.0. The third-order valence-electron chi connectivity index (χ3n) is 4.69. The molecule has 0 saturated heterocycles. The van der Waals surface area contributed by atoms with E-state index in [4.69, 9.17) is 19.6 Å². The van der Waals surface area contributed by atoms with Gasteiger partial charge < -0.3 is 14.6 Å². The Morgan fingerprint density at radius 3 is 2.88 bits per heavy atom.